The number of hydrogen-bond acceptors (Lipinski definition) is 10. The fraction of sp³-hybridized carbons (Fsp3) is 0.350. The van der Waals surface area contributed by atoms with Gasteiger partial charge >= 0.3 is 6.18 Å². The Morgan fingerprint density at radius 1 is 1.24 bits per heavy atom. The van der Waals surface area contributed by atoms with Gasteiger partial charge in [0.25, 0.3) is 0 Å². The van der Waals surface area contributed by atoms with Crippen LogP contribution < -0.4 is 20.7 Å². The molecular formula is C20H21F3N6O3S2. The lowest BCUT2D eigenvalue weighted by atomic mass is 10.2. The molecular weight excluding hydrogens is 493 g/mol. The third-order valence-corrected chi connectivity index (χ3v) is 7.93. The Balaban J connectivity index is 1.59. The van der Waals surface area contributed by atoms with Gasteiger partial charge in [0.1, 0.15) is 21.6 Å². The Hall–Kier alpha value is -2.97. The van der Waals surface area contributed by atoms with Crippen LogP contribution in [0.3, 0.4) is 0 Å². The SMILES string of the molecule is CCOc1cccc(S(=O)(=O)c2cnc(Nc3cc(NC4CCNC4)nc(C(F)(F)F)n3)s2)c1. The molecule has 1 aliphatic rings. The van der Waals surface area contributed by atoms with Crippen LogP contribution in [-0.2, 0) is 16.0 Å². The van der Waals surface area contributed by atoms with Gasteiger partial charge in [-0.2, -0.15) is 13.2 Å². The van der Waals surface area contributed by atoms with Crippen LogP contribution in [0, 0.1) is 0 Å². The number of alkyl halides is 3. The molecule has 1 saturated heterocycles. The minimum absolute atomic E-state index is 0.00988. The average Bonchev–Trinajstić information content (AvgIpc) is 3.46. The molecule has 182 valence electrons. The molecule has 4 rings (SSSR count). The summed E-state index contributed by atoms with van der Waals surface area (Å²) in [6.07, 6.45) is -2.87. The smallest absolute Gasteiger partial charge is 0.451 e. The van der Waals surface area contributed by atoms with Gasteiger partial charge in [0.05, 0.1) is 17.7 Å². The van der Waals surface area contributed by atoms with E-state index in [0.717, 1.165) is 30.5 Å². The summed E-state index contributed by atoms with van der Waals surface area (Å²) in [6, 6.07) is 7.30. The highest BCUT2D eigenvalue weighted by Crippen LogP contribution is 2.33. The number of nitrogens with one attached hydrogen (secondary N) is 3. The zero-order chi connectivity index (χ0) is 24.3. The monoisotopic (exact) mass is 514 g/mol. The minimum Gasteiger partial charge on any atom is -0.494 e. The van der Waals surface area contributed by atoms with E-state index in [0.29, 0.717) is 18.9 Å². The number of benzene rings is 1. The second-order valence-corrected chi connectivity index (χ2v) is 10.5. The van der Waals surface area contributed by atoms with Gasteiger partial charge in [0, 0.05) is 18.7 Å². The maximum absolute atomic E-state index is 13.3. The number of hydrogen-bond donors (Lipinski definition) is 3. The van der Waals surface area contributed by atoms with Gasteiger partial charge in [0.2, 0.25) is 15.7 Å². The van der Waals surface area contributed by atoms with Crippen molar-refractivity contribution in [2.45, 2.75) is 34.7 Å². The van der Waals surface area contributed by atoms with E-state index in [9.17, 15) is 21.6 Å². The highest BCUT2D eigenvalue weighted by Gasteiger charge is 2.36. The second-order valence-electron chi connectivity index (χ2n) is 7.31. The van der Waals surface area contributed by atoms with Crippen LogP contribution in [-0.4, -0.2) is 49.1 Å². The maximum atomic E-state index is 13.3. The van der Waals surface area contributed by atoms with Crippen LogP contribution in [0.25, 0.3) is 0 Å². The lowest BCUT2D eigenvalue weighted by molar-refractivity contribution is -0.144. The topological polar surface area (TPSA) is 118 Å². The molecule has 1 unspecified atom stereocenters. The van der Waals surface area contributed by atoms with Crippen LogP contribution in [0.5, 0.6) is 5.75 Å². The highest BCUT2D eigenvalue weighted by atomic mass is 32.2. The summed E-state index contributed by atoms with van der Waals surface area (Å²) < 4.78 is 71.3. The fourth-order valence-electron chi connectivity index (χ4n) is 3.26. The molecule has 3 N–H and O–H groups in total. The van der Waals surface area contributed by atoms with Gasteiger partial charge in [-0.05, 0) is 38.1 Å². The normalized spacial score (nSPS) is 16.4. The van der Waals surface area contributed by atoms with Crippen molar-refractivity contribution in [3.05, 3.63) is 42.4 Å². The predicted octanol–water partition coefficient (Wildman–Crippen LogP) is 3.70. The van der Waals surface area contributed by atoms with Gasteiger partial charge in [-0.1, -0.05) is 17.4 Å². The van der Waals surface area contributed by atoms with Crippen molar-refractivity contribution < 1.29 is 26.3 Å². The fourth-order valence-corrected chi connectivity index (χ4v) is 5.74. The van der Waals surface area contributed by atoms with E-state index in [-0.39, 0.29) is 31.9 Å². The number of thiazole rings is 1. The van der Waals surface area contributed by atoms with Crippen molar-refractivity contribution >= 4 is 37.9 Å². The summed E-state index contributed by atoms with van der Waals surface area (Å²) in [6.45, 7) is 3.52. The lowest BCUT2D eigenvalue weighted by Crippen LogP contribution is -2.24. The molecule has 0 saturated carbocycles. The van der Waals surface area contributed by atoms with Crippen molar-refractivity contribution in [3.63, 3.8) is 0 Å². The molecule has 9 nitrogen and oxygen atoms in total. The van der Waals surface area contributed by atoms with Crippen molar-refractivity contribution in [1.82, 2.24) is 20.3 Å². The molecule has 0 amide bonds. The lowest BCUT2D eigenvalue weighted by Gasteiger charge is -2.15. The Bertz CT molecular complexity index is 1260. The average molecular weight is 515 g/mol. The summed E-state index contributed by atoms with van der Waals surface area (Å²) in [5.74, 6) is -1.06. The molecule has 1 aliphatic heterocycles. The van der Waals surface area contributed by atoms with E-state index >= 15 is 0 Å². The Kier molecular flexibility index (Phi) is 6.91. The molecule has 2 aromatic heterocycles. The molecule has 3 aromatic rings. The first-order valence-corrected chi connectivity index (χ1v) is 12.6. The van der Waals surface area contributed by atoms with E-state index in [1.54, 1.807) is 19.1 Å². The second kappa shape index (κ2) is 9.72. The molecule has 1 fully saturated rings. The predicted molar refractivity (Wildman–Crippen MR) is 120 cm³/mol. The highest BCUT2D eigenvalue weighted by molar-refractivity contribution is 7.93. The van der Waals surface area contributed by atoms with E-state index in [1.165, 1.54) is 18.2 Å². The molecule has 14 heteroatoms. The third-order valence-electron chi connectivity index (χ3n) is 4.80. The standard InChI is InChI=1S/C20H21F3N6O3S2/c1-2-32-13-4-3-5-14(8-13)34(30,31)17-11-25-19(33-17)29-16-9-15(26-12-6-7-24-10-12)27-18(28-16)20(21,22)23/h3-5,8-9,11-12,24H,2,6-7,10H2,1H3,(H2,25,26,27,28,29). The number of rotatable bonds is 8. The van der Waals surface area contributed by atoms with Gasteiger partial charge in [-0.3, -0.25) is 0 Å². The quantitative estimate of drug-likeness (QED) is 0.414. The Morgan fingerprint density at radius 2 is 2.03 bits per heavy atom. The third kappa shape index (κ3) is 5.56. The first kappa shape index (κ1) is 24.2. The summed E-state index contributed by atoms with van der Waals surface area (Å²) in [7, 11) is -3.90. The Morgan fingerprint density at radius 3 is 2.74 bits per heavy atom. The molecule has 1 aromatic carbocycles. The summed E-state index contributed by atoms with van der Waals surface area (Å²) in [5.41, 5.74) is 0. The molecule has 34 heavy (non-hydrogen) atoms. The first-order chi connectivity index (χ1) is 16.1. The number of nitrogens with zero attached hydrogens (tertiary/aromatic N) is 3. The molecule has 3 heterocycles. The van der Waals surface area contributed by atoms with Crippen LogP contribution in [0.2, 0.25) is 0 Å². The molecule has 1 atom stereocenters. The van der Waals surface area contributed by atoms with Crippen molar-refractivity contribution in [3.8, 4) is 5.75 Å². The number of sulfone groups is 1. The van der Waals surface area contributed by atoms with Crippen LogP contribution in [0.4, 0.5) is 29.9 Å². The maximum Gasteiger partial charge on any atom is 0.451 e. The van der Waals surface area contributed by atoms with Crippen LogP contribution in [0.15, 0.2) is 45.6 Å². The number of ether oxygens (including phenoxy) is 1. The van der Waals surface area contributed by atoms with E-state index in [1.807, 2.05) is 0 Å². The molecule has 0 radical (unpaired) electrons. The van der Waals surface area contributed by atoms with Gasteiger partial charge in [0.15, 0.2) is 5.13 Å². The van der Waals surface area contributed by atoms with Crippen LogP contribution >= 0.6 is 11.3 Å². The zero-order valence-electron chi connectivity index (χ0n) is 17.9. The van der Waals surface area contributed by atoms with E-state index in [4.69, 9.17) is 4.74 Å². The summed E-state index contributed by atoms with van der Waals surface area (Å²) >= 11 is 0.778. The van der Waals surface area contributed by atoms with Crippen molar-refractivity contribution in [2.75, 3.05) is 30.3 Å². The van der Waals surface area contributed by atoms with Crippen molar-refractivity contribution in [2.24, 2.45) is 0 Å². The van der Waals surface area contributed by atoms with Gasteiger partial charge < -0.3 is 20.7 Å². The largest absolute Gasteiger partial charge is 0.494 e. The van der Waals surface area contributed by atoms with Crippen LogP contribution in [0.1, 0.15) is 19.2 Å². The van der Waals surface area contributed by atoms with E-state index in [2.05, 4.69) is 30.9 Å². The minimum atomic E-state index is -4.76. The van der Waals surface area contributed by atoms with Gasteiger partial charge in [-0.15, -0.1) is 0 Å². The summed E-state index contributed by atoms with van der Waals surface area (Å²) in [5, 5.41) is 8.82. The first-order valence-electron chi connectivity index (χ1n) is 10.3. The number of anilines is 3. The Labute approximate surface area is 197 Å². The van der Waals surface area contributed by atoms with Gasteiger partial charge in [-0.25, -0.2) is 23.4 Å². The molecule has 0 aliphatic carbocycles. The van der Waals surface area contributed by atoms with Crippen molar-refractivity contribution in [1.29, 1.82) is 0 Å². The number of aromatic nitrogens is 3. The van der Waals surface area contributed by atoms with E-state index < -0.39 is 21.8 Å². The molecule has 0 spiro atoms. The summed E-state index contributed by atoms with van der Waals surface area (Å²) in [4.78, 5) is 11.1. The molecule has 0 bridgehead atoms. The zero-order valence-corrected chi connectivity index (χ0v) is 19.5. The number of halogens is 3.